The Kier molecular flexibility index (Phi) is 3.82. The second-order valence-corrected chi connectivity index (χ2v) is 6.30. The molecule has 1 aliphatic rings. The minimum Gasteiger partial charge on any atom is -0.491 e. The summed E-state index contributed by atoms with van der Waals surface area (Å²) in [6.07, 6.45) is 4.42. The van der Waals surface area contributed by atoms with Crippen LogP contribution < -0.4 is 10.2 Å². The highest BCUT2D eigenvalue weighted by atomic mass is 16.7. The molecule has 0 saturated heterocycles. The summed E-state index contributed by atoms with van der Waals surface area (Å²) in [6, 6.07) is 9.83. The number of anilines is 1. The van der Waals surface area contributed by atoms with Crippen molar-refractivity contribution in [1.29, 1.82) is 0 Å². The first-order valence-electron chi connectivity index (χ1n) is 8.22. The van der Waals surface area contributed by atoms with E-state index >= 15 is 0 Å². The van der Waals surface area contributed by atoms with E-state index in [1.807, 2.05) is 44.2 Å². The molecule has 1 aliphatic carbocycles. The van der Waals surface area contributed by atoms with E-state index < -0.39 is 0 Å². The van der Waals surface area contributed by atoms with Crippen molar-refractivity contribution >= 4 is 16.7 Å². The molecule has 3 aromatic rings. The van der Waals surface area contributed by atoms with Crippen LogP contribution in [0.3, 0.4) is 0 Å². The zero-order valence-electron chi connectivity index (χ0n) is 13.7. The number of fused-ring (bicyclic) bond motifs is 1. The van der Waals surface area contributed by atoms with Gasteiger partial charge in [-0.3, -0.25) is 9.94 Å². The van der Waals surface area contributed by atoms with Crippen LogP contribution in [-0.4, -0.2) is 27.4 Å². The number of hydrogen-bond donors (Lipinski definition) is 2. The number of hydrogen-bond acceptors (Lipinski definition) is 5. The molecule has 2 N–H and O–H groups in total. The standard InChI is InChI=1S/C18H20N4O2/c1-11(2)23-14-5-6-16-15(10-14)18(21-20-16)12-7-8-19-17(9-12)22-24-13-3-4-13/h5-11,13H,3-4H2,1-2H3,(H,19,22)(H,20,21). The Bertz CT molecular complexity index is 855. The van der Waals surface area contributed by atoms with Crippen molar-refractivity contribution in [2.45, 2.75) is 38.9 Å². The summed E-state index contributed by atoms with van der Waals surface area (Å²) in [5.74, 6) is 1.52. The third kappa shape index (κ3) is 3.19. The predicted octanol–water partition coefficient (Wildman–Crippen LogP) is 3.92. The van der Waals surface area contributed by atoms with E-state index in [0.717, 1.165) is 40.8 Å². The molecule has 124 valence electrons. The number of aromatic amines is 1. The Morgan fingerprint density at radius 2 is 2.08 bits per heavy atom. The Morgan fingerprint density at radius 1 is 1.21 bits per heavy atom. The number of rotatable bonds is 6. The van der Waals surface area contributed by atoms with Crippen LogP contribution in [0.2, 0.25) is 0 Å². The van der Waals surface area contributed by atoms with E-state index in [-0.39, 0.29) is 6.10 Å². The van der Waals surface area contributed by atoms with Gasteiger partial charge in [-0.25, -0.2) is 10.5 Å². The van der Waals surface area contributed by atoms with Gasteiger partial charge < -0.3 is 4.74 Å². The fraction of sp³-hybridized carbons (Fsp3) is 0.333. The van der Waals surface area contributed by atoms with Crippen LogP contribution in [-0.2, 0) is 4.84 Å². The molecule has 0 unspecified atom stereocenters. The summed E-state index contributed by atoms with van der Waals surface area (Å²) in [6.45, 7) is 4.03. The number of benzene rings is 1. The maximum Gasteiger partial charge on any atom is 0.150 e. The van der Waals surface area contributed by atoms with Gasteiger partial charge in [0.1, 0.15) is 17.3 Å². The van der Waals surface area contributed by atoms with Crippen LogP contribution in [0.25, 0.3) is 22.2 Å². The van der Waals surface area contributed by atoms with Crippen LogP contribution in [0.5, 0.6) is 5.75 Å². The first-order valence-corrected chi connectivity index (χ1v) is 8.22. The molecule has 2 aromatic heterocycles. The molecule has 1 saturated carbocycles. The van der Waals surface area contributed by atoms with Crippen molar-refractivity contribution in [3.8, 4) is 17.0 Å². The number of pyridine rings is 1. The topological polar surface area (TPSA) is 72.1 Å². The third-order valence-electron chi connectivity index (χ3n) is 3.79. The minimum atomic E-state index is 0.133. The van der Waals surface area contributed by atoms with Gasteiger partial charge in [-0.2, -0.15) is 5.10 Å². The summed E-state index contributed by atoms with van der Waals surface area (Å²) >= 11 is 0. The van der Waals surface area contributed by atoms with Crippen molar-refractivity contribution in [3.63, 3.8) is 0 Å². The van der Waals surface area contributed by atoms with Gasteiger partial charge in [-0.1, -0.05) is 0 Å². The minimum absolute atomic E-state index is 0.133. The Morgan fingerprint density at radius 3 is 2.88 bits per heavy atom. The number of H-pyrrole nitrogens is 1. The lowest BCUT2D eigenvalue weighted by Crippen LogP contribution is -2.05. The second kappa shape index (κ2) is 6.13. The SMILES string of the molecule is CC(C)Oc1ccc2[nH]nc(-c3ccnc(NOC4CC4)c3)c2c1. The molecule has 4 rings (SSSR count). The van der Waals surface area contributed by atoms with Gasteiger partial charge in [-0.15, -0.1) is 0 Å². The van der Waals surface area contributed by atoms with Gasteiger partial charge in [0, 0.05) is 17.1 Å². The molecule has 0 radical (unpaired) electrons. The second-order valence-electron chi connectivity index (χ2n) is 6.30. The zero-order valence-corrected chi connectivity index (χ0v) is 13.7. The van der Waals surface area contributed by atoms with Crippen molar-refractivity contribution in [3.05, 3.63) is 36.5 Å². The van der Waals surface area contributed by atoms with Crippen LogP contribution >= 0.6 is 0 Å². The number of aromatic nitrogens is 3. The zero-order chi connectivity index (χ0) is 16.5. The maximum atomic E-state index is 5.79. The first kappa shape index (κ1) is 15.0. The van der Waals surface area contributed by atoms with E-state index in [4.69, 9.17) is 9.57 Å². The Labute approximate surface area is 140 Å². The molecule has 6 heteroatoms. The molecule has 0 amide bonds. The molecule has 1 aromatic carbocycles. The molecular formula is C18H20N4O2. The highest BCUT2D eigenvalue weighted by Gasteiger charge is 2.23. The van der Waals surface area contributed by atoms with Gasteiger partial charge in [0.15, 0.2) is 0 Å². The van der Waals surface area contributed by atoms with E-state index in [1.54, 1.807) is 6.20 Å². The van der Waals surface area contributed by atoms with Crippen molar-refractivity contribution in [2.75, 3.05) is 5.48 Å². The summed E-state index contributed by atoms with van der Waals surface area (Å²) < 4.78 is 5.79. The molecule has 2 heterocycles. The van der Waals surface area contributed by atoms with Gasteiger partial charge in [0.2, 0.25) is 0 Å². The van der Waals surface area contributed by atoms with Crippen molar-refractivity contribution in [1.82, 2.24) is 15.2 Å². The van der Waals surface area contributed by atoms with Crippen LogP contribution in [0.4, 0.5) is 5.82 Å². The largest absolute Gasteiger partial charge is 0.491 e. The van der Waals surface area contributed by atoms with Crippen molar-refractivity contribution < 1.29 is 9.57 Å². The predicted molar refractivity (Wildman–Crippen MR) is 92.8 cm³/mol. The molecule has 24 heavy (non-hydrogen) atoms. The molecular weight excluding hydrogens is 304 g/mol. The Balaban J connectivity index is 1.66. The lowest BCUT2D eigenvalue weighted by atomic mass is 10.1. The van der Waals surface area contributed by atoms with E-state index in [2.05, 4.69) is 20.7 Å². The van der Waals surface area contributed by atoms with Crippen LogP contribution in [0, 0.1) is 0 Å². The fourth-order valence-corrected chi connectivity index (χ4v) is 2.52. The molecule has 0 spiro atoms. The first-order chi connectivity index (χ1) is 11.7. The molecule has 0 atom stereocenters. The van der Waals surface area contributed by atoms with Crippen LogP contribution in [0.1, 0.15) is 26.7 Å². The highest BCUT2D eigenvalue weighted by Crippen LogP contribution is 2.30. The molecule has 1 fully saturated rings. The molecule has 0 aliphatic heterocycles. The lowest BCUT2D eigenvalue weighted by Gasteiger charge is -2.09. The number of nitrogens with zero attached hydrogens (tertiary/aromatic N) is 2. The summed E-state index contributed by atoms with van der Waals surface area (Å²) in [7, 11) is 0. The van der Waals surface area contributed by atoms with Gasteiger partial charge in [-0.05, 0) is 57.0 Å². The van der Waals surface area contributed by atoms with Gasteiger partial charge in [0.05, 0.1) is 17.7 Å². The fourth-order valence-electron chi connectivity index (χ4n) is 2.52. The monoisotopic (exact) mass is 324 g/mol. The average Bonchev–Trinajstić information content (AvgIpc) is 3.31. The van der Waals surface area contributed by atoms with E-state index in [9.17, 15) is 0 Å². The van der Waals surface area contributed by atoms with Crippen molar-refractivity contribution in [2.24, 2.45) is 0 Å². The third-order valence-corrected chi connectivity index (χ3v) is 3.79. The maximum absolute atomic E-state index is 5.79. The summed E-state index contributed by atoms with van der Waals surface area (Å²) in [5, 5.41) is 8.55. The number of ether oxygens (including phenoxy) is 1. The average molecular weight is 324 g/mol. The normalized spacial score (nSPS) is 14.3. The quantitative estimate of drug-likeness (QED) is 0.672. The number of nitrogens with one attached hydrogen (secondary N) is 2. The molecule has 0 bridgehead atoms. The smallest absolute Gasteiger partial charge is 0.150 e. The Hall–Kier alpha value is -2.60. The van der Waals surface area contributed by atoms with Gasteiger partial charge >= 0.3 is 0 Å². The lowest BCUT2D eigenvalue weighted by molar-refractivity contribution is 0.177. The summed E-state index contributed by atoms with van der Waals surface area (Å²) in [4.78, 5) is 9.79. The van der Waals surface area contributed by atoms with E-state index in [1.165, 1.54) is 0 Å². The van der Waals surface area contributed by atoms with E-state index in [0.29, 0.717) is 11.9 Å². The summed E-state index contributed by atoms with van der Waals surface area (Å²) in [5.41, 5.74) is 5.74. The highest BCUT2D eigenvalue weighted by molar-refractivity contribution is 5.94. The van der Waals surface area contributed by atoms with Crippen LogP contribution in [0.15, 0.2) is 36.5 Å². The molecule has 6 nitrogen and oxygen atoms in total. The van der Waals surface area contributed by atoms with Gasteiger partial charge in [0.25, 0.3) is 0 Å².